The van der Waals surface area contributed by atoms with Crippen LogP contribution in [0.1, 0.15) is 31.8 Å². The van der Waals surface area contributed by atoms with Crippen LogP contribution in [-0.2, 0) is 22.6 Å². The summed E-state index contributed by atoms with van der Waals surface area (Å²) in [4.78, 5) is 42.9. The molecule has 2 N–H and O–H groups in total. The van der Waals surface area contributed by atoms with Crippen LogP contribution in [-0.4, -0.2) is 127 Å². The first kappa shape index (κ1) is 41.5. The Labute approximate surface area is 342 Å². The number of piperazine rings is 2. The standard InChI is InChI=1S/2C21H23ClN4O2.H2O/c2*1-24-9-11-25(12-10-24)21-23-18-13-16(20(27)28-2)5-8-19(18)26(21)14-15-3-6-17(22)7-4-15;/h2*3-8,13H,9-12,14H2,1-2H3;1H2. The van der Waals surface area contributed by atoms with E-state index in [2.05, 4.69) is 42.8 Å². The fraction of sp³-hybridized carbons (Fsp3) is 0.333. The molecule has 4 heterocycles. The summed E-state index contributed by atoms with van der Waals surface area (Å²) in [5, 5.41) is 1.45. The van der Waals surface area contributed by atoms with Crippen LogP contribution in [0.25, 0.3) is 22.1 Å². The zero-order valence-corrected chi connectivity index (χ0v) is 34.1. The number of halogens is 2. The third kappa shape index (κ3) is 9.52. The van der Waals surface area contributed by atoms with Crippen molar-refractivity contribution in [3.8, 4) is 0 Å². The highest BCUT2D eigenvalue weighted by atomic mass is 35.5. The van der Waals surface area contributed by atoms with Gasteiger partial charge in [-0.15, -0.1) is 0 Å². The number of carbonyl (C=O) groups is 2. The predicted molar refractivity (Wildman–Crippen MR) is 226 cm³/mol. The number of anilines is 2. The molecule has 0 atom stereocenters. The second kappa shape index (κ2) is 18.4. The van der Waals surface area contributed by atoms with Crippen molar-refractivity contribution < 1.29 is 24.5 Å². The molecule has 2 aliphatic heterocycles. The minimum Gasteiger partial charge on any atom is -0.465 e. The van der Waals surface area contributed by atoms with E-state index in [0.29, 0.717) is 24.2 Å². The van der Waals surface area contributed by atoms with Crippen molar-refractivity contribution in [1.82, 2.24) is 28.9 Å². The Morgan fingerprint density at radius 1 is 0.561 bits per heavy atom. The van der Waals surface area contributed by atoms with E-state index in [1.54, 1.807) is 24.3 Å². The van der Waals surface area contributed by atoms with Gasteiger partial charge >= 0.3 is 11.9 Å². The highest BCUT2D eigenvalue weighted by Crippen LogP contribution is 2.28. The number of methoxy groups -OCH3 is 2. The van der Waals surface area contributed by atoms with Gasteiger partial charge in [-0.05, 0) is 85.9 Å². The van der Waals surface area contributed by atoms with E-state index >= 15 is 0 Å². The van der Waals surface area contributed by atoms with Gasteiger partial charge in [0.2, 0.25) is 11.9 Å². The first-order valence-electron chi connectivity index (χ1n) is 18.6. The van der Waals surface area contributed by atoms with Crippen LogP contribution in [0.2, 0.25) is 10.0 Å². The van der Waals surface area contributed by atoms with Gasteiger partial charge in [0.25, 0.3) is 0 Å². The number of carbonyl (C=O) groups excluding carboxylic acids is 2. The molecule has 2 saturated heterocycles. The van der Waals surface area contributed by atoms with Crippen LogP contribution in [0.4, 0.5) is 11.9 Å². The zero-order valence-electron chi connectivity index (χ0n) is 32.6. The topological polar surface area (TPSA) is 133 Å². The van der Waals surface area contributed by atoms with Crippen LogP contribution < -0.4 is 9.80 Å². The van der Waals surface area contributed by atoms with Gasteiger partial charge in [-0.25, -0.2) is 19.6 Å². The van der Waals surface area contributed by atoms with Gasteiger partial charge in [-0.3, -0.25) is 0 Å². The highest BCUT2D eigenvalue weighted by molar-refractivity contribution is 6.30. The number of imidazole rings is 2. The van der Waals surface area contributed by atoms with Crippen molar-refractivity contribution in [3.05, 3.63) is 117 Å². The number of ether oxygens (including phenoxy) is 2. The Morgan fingerprint density at radius 3 is 1.25 bits per heavy atom. The Balaban J connectivity index is 0.000000189. The Bertz CT molecular complexity index is 2150. The fourth-order valence-corrected chi connectivity index (χ4v) is 7.33. The van der Waals surface area contributed by atoms with Gasteiger partial charge in [-0.1, -0.05) is 47.5 Å². The summed E-state index contributed by atoms with van der Waals surface area (Å²) in [5.74, 6) is 1.16. The third-order valence-electron chi connectivity index (χ3n) is 10.4. The minimum absolute atomic E-state index is 0. The Hall–Kier alpha value is -5.18. The highest BCUT2D eigenvalue weighted by Gasteiger charge is 2.24. The monoisotopic (exact) mass is 814 g/mol. The number of fused-ring (bicyclic) bond motifs is 2. The second-order valence-electron chi connectivity index (χ2n) is 14.2. The molecule has 300 valence electrons. The SMILES string of the molecule is COC(=O)c1ccc2c(c1)nc(N1CCN(C)CC1)n2Cc1ccc(Cl)cc1.COC(=O)c1ccc2c(c1)nc(N1CCN(C)CC1)n2Cc1ccc(Cl)cc1.O. The molecule has 57 heavy (non-hydrogen) atoms. The molecular weight excluding hydrogens is 767 g/mol. The lowest BCUT2D eigenvalue weighted by atomic mass is 10.2. The Kier molecular flexibility index (Phi) is 13.4. The molecule has 2 aromatic heterocycles. The van der Waals surface area contributed by atoms with Gasteiger partial charge in [0.1, 0.15) is 0 Å². The largest absolute Gasteiger partial charge is 0.465 e. The normalized spacial score (nSPS) is 14.9. The lowest BCUT2D eigenvalue weighted by molar-refractivity contribution is 0.0592. The first-order chi connectivity index (χ1) is 27.1. The summed E-state index contributed by atoms with van der Waals surface area (Å²) in [6, 6.07) is 26.8. The first-order valence-corrected chi connectivity index (χ1v) is 19.4. The van der Waals surface area contributed by atoms with E-state index in [1.165, 1.54) is 14.2 Å². The van der Waals surface area contributed by atoms with Crippen molar-refractivity contribution in [2.24, 2.45) is 0 Å². The summed E-state index contributed by atoms with van der Waals surface area (Å²) in [7, 11) is 7.05. The predicted octanol–water partition coefficient (Wildman–Crippen LogP) is 5.73. The van der Waals surface area contributed by atoms with E-state index < -0.39 is 0 Å². The van der Waals surface area contributed by atoms with Gasteiger partial charge in [0.05, 0.1) is 60.5 Å². The average molecular weight is 816 g/mol. The lowest BCUT2D eigenvalue weighted by Crippen LogP contribution is -2.45. The van der Waals surface area contributed by atoms with Gasteiger partial charge < -0.3 is 43.7 Å². The van der Waals surface area contributed by atoms with Gasteiger partial charge in [-0.2, -0.15) is 0 Å². The minimum atomic E-state index is -0.352. The molecule has 15 heteroatoms. The van der Waals surface area contributed by atoms with E-state index in [0.717, 1.165) is 107 Å². The number of hydrogen-bond acceptors (Lipinski definition) is 10. The van der Waals surface area contributed by atoms with Crippen molar-refractivity contribution in [3.63, 3.8) is 0 Å². The second-order valence-corrected chi connectivity index (χ2v) is 15.1. The van der Waals surface area contributed by atoms with Crippen molar-refractivity contribution in [1.29, 1.82) is 0 Å². The zero-order chi connectivity index (χ0) is 39.3. The maximum atomic E-state index is 11.9. The van der Waals surface area contributed by atoms with Crippen molar-refractivity contribution >= 4 is 69.1 Å². The van der Waals surface area contributed by atoms with E-state index in [4.69, 9.17) is 42.6 Å². The number of nitrogens with zero attached hydrogens (tertiary/aromatic N) is 8. The van der Waals surface area contributed by atoms with Crippen LogP contribution >= 0.6 is 23.2 Å². The number of benzene rings is 4. The molecule has 6 aromatic rings. The number of rotatable bonds is 8. The number of hydrogen-bond donors (Lipinski definition) is 0. The molecule has 13 nitrogen and oxygen atoms in total. The number of esters is 2. The van der Waals surface area contributed by atoms with E-state index in [9.17, 15) is 9.59 Å². The van der Waals surface area contributed by atoms with Crippen molar-refractivity contribution in [2.45, 2.75) is 13.1 Å². The molecule has 8 rings (SSSR count). The maximum Gasteiger partial charge on any atom is 0.337 e. The number of likely N-dealkylation sites (N-methyl/N-ethyl adjacent to an activating group) is 2. The quantitative estimate of drug-likeness (QED) is 0.176. The summed E-state index contributed by atoms with van der Waals surface area (Å²) < 4.78 is 14.1. The van der Waals surface area contributed by atoms with E-state index in [1.807, 2.05) is 60.7 Å². The summed E-state index contributed by atoms with van der Waals surface area (Å²) >= 11 is 12.1. The van der Waals surface area contributed by atoms with Crippen LogP contribution in [0, 0.1) is 0 Å². The lowest BCUT2D eigenvalue weighted by Gasteiger charge is -2.33. The molecule has 4 aromatic carbocycles. The Morgan fingerprint density at radius 2 is 0.912 bits per heavy atom. The van der Waals surface area contributed by atoms with Gasteiger partial charge in [0.15, 0.2) is 0 Å². The molecule has 0 bridgehead atoms. The summed E-state index contributed by atoms with van der Waals surface area (Å²) in [5.41, 5.74) is 6.91. The molecule has 2 fully saturated rings. The van der Waals surface area contributed by atoms with Crippen LogP contribution in [0.3, 0.4) is 0 Å². The van der Waals surface area contributed by atoms with E-state index in [-0.39, 0.29) is 17.4 Å². The summed E-state index contributed by atoms with van der Waals surface area (Å²) in [6.45, 7) is 9.05. The molecule has 0 spiro atoms. The molecule has 0 unspecified atom stereocenters. The molecule has 0 saturated carbocycles. The van der Waals surface area contributed by atoms with Gasteiger partial charge in [0, 0.05) is 62.4 Å². The van der Waals surface area contributed by atoms with Crippen LogP contribution in [0.5, 0.6) is 0 Å². The maximum absolute atomic E-state index is 11.9. The van der Waals surface area contributed by atoms with Crippen molar-refractivity contribution in [2.75, 3.05) is 90.5 Å². The molecule has 0 amide bonds. The molecule has 0 radical (unpaired) electrons. The third-order valence-corrected chi connectivity index (χ3v) is 10.9. The molecule has 2 aliphatic rings. The van der Waals surface area contributed by atoms with Crippen LogP contribution in [0.15, 0.2) is 84.9 Å². The molecular formula is C42H48Cl2N8O5. The smallest absolute Gasteiger partial charge is 0.337 e. The fourth-order valence-electron chi connectivity index (χ4n) is 7.08. The molecule has 0 aliphatic carbocycles. The average Bonchev–Trinajstić information content (AvgIpc) is 3.76. The number of aromatic nitrogens is 4. The summed E-state index contributed by atoms with van der Waals surface area (Å²) in [6.07, 6.45) is 0.